The molecule has 30 heavy (non-hydrogen) atoms. The lowest BCUT2D eigenvalue weighted by molar-refractivity contribution is -0.120. The number of sulfonamides is 1. The van der Waals surface area contributed by atoms with Crippen molar-refractivity contribution in [3.63, 3.8) is 0 Å². The van der Waals surface area contributed by atoms with Gasteiger partial charge in [0.25, 0.3) is 15.2 Å². The molecule has 4 aliphatic rings. The molecular formula is C20H24N6O3S. The molecule has 0 atom stereocenters. The molecule has 6 rings (SSSR count). The van der Waals surface area contributed by atoms with E-state index in [4.69, 9.17) is 0 Å². The lowest BCUT2D eigenvalue weighted by Crippen LogP contribution is -2.59. The lowest BCUT2D eigenvalue weighted by atomic mass is 9.81. The third kappa shape index (κ3) is 2.70. The van der Waals surface area contributed by atoms with Crippen molar-refractivity contribution in [2.45, 2.75) is 50.1 Å². The maximum absolute atomic E-state index is 12.9. The van der Waals surface area contributed by atoms with Gasteiger partial charge in [-0.2, -0.15) is 9.29 Å². The van der Waals surface area contributed by atoms with Crippen molar-refractivity contribution in [2.75, 3.05) is 25.0 Å². The van der Waals surface area contributed by atoms with E-state index in [0.29, 0.717) is 26.1 Å². The molecule has 2 saturated heterocycles. The molecule has 2 aliphatic heterocycles. The van der Waals surface area contributed by atoms with Crippen LogP contribution in [0.25, 0.3) is 0 Å². The van der Waals surface area contributed by atoms with E-state index >= 15 is 0 Å². The maximum atomic E-state index is 12.9. The zero-order valence-electron chi connectivity index (χ0n) is 16.6. The Morgan fingerprint density at radius 2 is 1.77 bits per heavy atom. The average Bonchev–Trinajstić information content (AvgIpc) is 3.46. The highest BCUT2D eigenvalue weighted by molar-refractivity contribution is 7.89. The number of carbonyl (C=O) groups excluding carboxylic acids is 1. The average molecular weight is 429 g/mol. The third-order valence-corrected chi connectivity index (χ3v) is 8.59. The molecule has 158 valence electrons. The van der Waals surface area contributed by atoms with E-state index in [1.807, 2.05) is 0 Å². The minimum absolute atomic E-state index is 0.0128. The van der Waals surface area contributed by atoms with E-state index in [-0.39, 0.29) is 22.4 Å². The Labute approximate surface area is 174 Å². The summed E-state index contributed by atoms with van der Waals surface area (Å²) in [6.45, 7) is 1.19. The summed E-state index contributed by atoms with van der Waals surface area (Å²) in [6, 6.07) is 2.35. The fourth-order valence-corrected chi connectivity index (χ4v) is 6.96. The topological polar surface area (TPSA) is 120 Å². The van der Waals surface area contributed by atoms with Gasteiger partial charge in [-0.1, -0.05) is 6.07 Å². The Hall–Kier alpha value is -2.46. The first-order valence-electron chi connectivity index (χ1n) is 10.6. The first-order chi connectivity index (χ1) is 14.4. The number of fused-ring (bicyclic) bond motifs is 2. The van der Waals surface area contributed by atoms with Crippen molar-refractivity contribution in [3.05, 3.63) is 28.3 Å². The van der Waals surface area contributed by atoms with Crippen molar-refractivity contribution in [2.24, 2.45) is 5.41 Å². The molecule has 2 aromatic rings. The zero-order chi connectivity index (χ0) is 20.5. The van der Waals surface area contributed by atoms with Gasteiger partial charge in [-0.3, -0.25) is 4.79 Å². The summed E-state index contributed by atoms with van der Waals surface area (Å²) in [6.07, 6.45) is 6.93. The smallest absolute Gasteiger partial charge is 0.278 e. The Bertz CT molecular complexity index is 1130. The molecule has 0 bridgehead atoms. The summed E-state index contributed by atoms with van der Waals surface area (Å²) in [5.41, 5.74) is 6.26. The van der Waals surface area contributed by atoms with Crippen molar-refractivity contribution in [1.29, 1.82) is 0 Å². The predicted molar refractivity (Wildman–Crippen MR) is 109 cm³/mol. The molecule has 1 aromatic carbocycles. The van der Waals surface area contributed by atoms with E-state index < -0.39 is 10.0 Å². The standard InChI is InChI=1S/C20H24N6O3S/c27-16-8-20(9-21-16)10-26(11-20)30(28,29)19-23-18(24-25-19)22-17-14-5-1-3-12(14)7-13-4-2-6-15(13)17/h7H,1-6,8-11H2,(H,21,27)(H2,22,23,24,25). The van der Waals surface area contributed by atoms with Crippen LogP contribution in [0, 0.1) is 5.41 Å². The van der Waals surface area contributed by atoms with Crippen LogP contribution in [-0.4, -0.2) is 53.4 Å². The van der Waals surface area contributed by atoms with Crippen LogP contribution in [0.2, 0.25) is 0 Å². The van der Waals surface area contributed by atoms with Crippen molar-refractivity contribution in [3.8, 4) is 0 Å². The summed E-state index contributed by atoms with van der Waals surface area (Å²) < 4.78 is 27.2. The number of hydrogen-bond donors (Lipinski definition) is 3. The lowest BCUT2D eigenvalue weighted by Gasteiger charge is -2.45. The fraction of sp³-hybridized carbons (Fsp3) is 0.550. The Morgan fingerprint density at radius 3 is 2.40 bits per heavy atom. The van der Waals surface area contributed by atoms with Gasteiger partial charge in [0.05, 0.1) is 0 Å². The normalized spacial score (nSPS) is 22.1. The quantitative estimate of drug-likeness (QED) is 0.669. The second-order valence-corrected chi connectivity index (χ2v) is 10.9. The molecule has 1 spiro atoms. The van der Waals surface area contributed by atoms with Gasteiger partial charge in [0.2, 0.25) is 11.9 Å². The molecule has 3 heterocycles. The van der Waals surface area contributed by atoms with Crippen molar-refractivity contribution < 1.29 is 13.2 Å². The van der Waals surface area contributed by atoms with Gasteiger partial charge >= 0.3 is 0 Å². The number of aromatic nitrogens is 3. The van der Waals surface area contributed by atoms with Gasteiger partial charge in [0.1, 0.15) is 0 Å². The highest BCUT2D eigenvalue weighted by Gasteiger charge is 2.53. The summed E-state index contributed by atoms with van der Waals surface area (Å²) >= 11 is 0. The van der Waals surface area contributed by atoms with Gasteiger partial charge in [-0.15, -0.1) is 5.10 Å². The number of aryl methyl sites for hydroxylation is 2. The first kappa shape index (κ1) is 18.3. The number of nitrogens with one attached hydrogen (secondary N) is 3. The van der Waals surface area contributed by atoms with E-state index in [1.54, 1.807) is 0 Å². The number of anilines is 2. The molecule has 1 aromatic heterocycles. The summed E-state index contributed by atoms with van der Waals surface area (Å²) in [4.78, 5) is 15.8. The van der Waals surface area contributed by atoms with E-state index in [0.717, 1.165) is 44.2 Å². The molecule has 0 unspecified atom stereocenters. The minimum Gasteiger partial charge on any atom is -0.355 e. The Morgan fingerprint density at radius 1 is 1.07 bits per heavy atom. The number of H-pyrrole nitrogens is 1. The third-order valence-electron chi connectivity index (χ3n) is 6.98. The van der Waals surface area contributed by atoms with E-state index in [9.17, 15) is 13.2 Å². The predicted octanol–water partition coefficient (Wildman–Crippen LogP) is 1.04. The second kappa shape index (κ2) is 6.27. The molecule has 0 saturated carbocycles. The number of rotatable bonds is 4. The van der Waals surface area contributed by atoms with Crippen molar-refractivity contribution >= 4 is 27.6 Å². The molecule has 2 fully saturated rings. The minimum atomic E-state index is -3.75. The van der Waals surface area contributed by atoms with Crippen LogP contribution in [0.3, 0.4) is 0 Å². The number of nitrogens with zero attached hydrogens (tertiary/aromatic N) is 3. The Kier molecular flexibility index (Phi) is 3.83. The SMILES string of the molecule is O=C1CC2(CN1)CN(S(=O)(=O)c1nc(Nc3c4c(cc5c3CCC5)CCC4)n[nH]1)C2. The summed E-state index contributed by atoms with van der Waals surface area (Å²) in [7, 11) is -3.75. The van der Waals surface area contributed by atoms with Gasteiger partial charge in [-0.25, -0.2) is 13.5 Å². The van der Waals surface area contributed by atoms with Gasteiger partial charge < -0.3 is 10.6 Å². The summed E-state index contributed by atoms with van der Waals surface area (Å²) in [5, 5.41) is 12.7. The van der Waals surface area contributed by atoms with Crippen LogP contribution in [0.1, 0.15) is 41.5 Å². The highest BCUT2D eigenvalue weighted by atomic mass is 32.2. The molecule has 10 heteroatoms. The van der Waals surface area contributed by atoms with Crippen LogP contribution in [0.15, 0.2) is 11.2 Å². The number of aromatic amines is 1. The fourth-order valence-electron chi connectivity index (χ4n) is 5.47. The van der Waals surface area contributed by atoms with Crippen LogP contribution in [0.4, 0.5) is 11.6 Å². The van der Waals surface area contributed by atoms with Crippen LogP contribution in [0.5, 0.6) is 0 Å². The van der Waals surface area contributed by atoms with Gasteiger partial charge in [0.15, 0.2) is 0 Å². The van der Waals surface area contributed by atoms with Crippen molar-refractivity contribution in [1.82, 2.24) is 24.8 Å². The number of benzene rings is 1. The van der Waals surface area contributed by atoms with E-state index in [2.05, 4.69) is 31.9 Å². The summed E-state index contributed by atoms with van der Waals surface area (Å²) in [5.74, 6) is 0.275. The number of hydrogen-bond acceptors (Lipinski definition) is 6. The first-order valence-corrected chi connectivity index (χ1v) is 12.0. The van der Waals surface area contributed by atoms with Crippen LogP contribution in [-0.2, 0) is 40.5 Å². The molecule has 0 radical (unpaired) electrons. The van der Waals surface area contributed by atoms with E-state index in [1.165, 1.54) is 26.6 Å². The number of carbonyl (C=O) groups is 1. The largest absolute Gasteiger partial charge is 0.355 e. The molecule has 3 N–H and O–H groups in total. The van der Waals surface area contributed by atoms with Gasteiger partial charge in [-0.05, 0) is 60.8 Å². The highest BCUT2D eigenvalue weighted by Crippen LogP contribution is 2.41. The van der Waals surface area contributed by atoms with Crippen LogP contribution >= 0.6 is 0 Å². The molecule has 2 aliphatic carbocycles. The van der Waals surface area contributed by atoms with Gasteiger partial charge in [0, 0.05) is 37.2 Å². The Balaban J connectivity index is 1.25. The van der Waals surface area contributed by atoms with Crippen LogP contribution < -0.4 is 10.6 Å². The maximum Gasteiger partial charge on any atom is 0.278 e. The molecule has 9 nitrogen and oxygen atoms in total. The zero-order valence-corrected chi connectivity index (χ0v) is 17.4. The second-order valence-electron chi connectivity index (χ2n) is 9.05. The monoisotopic (exact) mass is 428 g/mol. The molecular weight excluding hydrogens is 404 g/mol. The molecule has 1 amide bonds. The number of amides is 1.